The maximum absolute atomic E-state index is 12.5. The molecule has 3 aliphatic rings. The first-order valence-corrected chi connectivity index (χ1v) is 10.9. The van der Waals surface area contributed by atoms with Gasteiger partial charge in [0.15, 0.2) is 5.76 Å². The Morgan fingerprint density at radius 3 is 2.90 bits per heavy atom. The van der Waals surface area contributed by atoms with E-state index in [2.05, 4.69) is 53.9 Å². The number of nitrogens with zero attached hydrogens (tertiary/aromatic N) is 2. The average molecular weight is 415 g/mol. The highest BCUT2D eigenvalue weighted by Crippen LogP contribution is 2.57. The molecule has 2 aromatic rings. The Hall–Kier alpha value is -3.17. The van der Waals surface area contributed by atoms with Crippen LogP contribution < -0.4 is 10.6 Å². The minimum Gasteiger partial charge on any atom is -0.356 e. The maximum atomic E-state index is 12.5. The number of allylic oxidation sites excluding steroid dienone is 3. The molecule has 0 spiro atoms. The van der Waals surface area contributed by atoms with Crippen LogP contribution in [0.3, 0.4) is 0 Å². The number of fused-ring (bicyclic) bond motifs is 1. The van der Waals surface area contributed by atoms with E-state index in [4.69, 9.17) is 4.52 Å². The molecule has 2 unspecified atom stereocenters. The molecule has 1 amide bonds. The van der Waals surface area contributed by atoms with E-state index in [-0.39, 0.29) is 11.3 Å². The van der Waals surface area contributed by atoms with Gasteiger partial charge in [-0.15, -0.1) is 0 Å². The monoisotopic (exact) mass is 414 g/mol. The summed E-state index contributed by atoms with van der Waals surface area (Å²) in [5.74, 6) is 1.04. The molecule has 158 valence electrons. The molecular weight excluding hydrogens is 388 g/mol. The van der Waals surface area contributed by atoms with E-state index < -0.39 is 5.54 Å². The lowest BCUT2D eigenvalue weighted by Crippen LogP contribution is -2.35. The SMILES string of the molecule is CC(C)NCC12C=CC(c3cc(-c4cccc(C(=O)NC5(C#N)CC5)c4)no3)=CC1C2. The number of nitriles is 1. The Morgan fingerprint density at radius 2 is 2.19 bits per heavy atom. The van der Waals surface area contributed by atoms with Gasteiger partial charge in [-0.1, -0.05) is 49.4 Å². The molecule has 1 aromatic heterocycles. The van der Waals surface area contributed by atoms with E-state index in [0.29, 0.717) is 36.1 Å². The third-order valence-corrected chi connectivity index (χ3v) is 6.53. The van der Waals surface area contributed by atoms with Crippen LogP contribution in [-0.2, 0) is 0 Å². The fourth-order valence-corrected chi connectivity index (χ4v) is 4.16. The van der Waals surface area contributed by atoms with E-state index in [1.807, 2.05) is 18.2 Å². The number of hydrogen-bond donors (Lipinski definition) is 2. The Kier molecular flexibility index (Phi) is 4.60. The third kappa shape index (κ3) is 3.82. The second kappa shape index (κ2) is 7.21. The van der Waals surface area contributed by atoms with E-state index in [0.717, 1.165) is 29.9 Å². The van der Waals surface area contributed by atoms with Crippen molar-refractivity contribution in [1.29, 1.82) is 5.26 Å². The maximum Gasteiger partial charge on any atom is 0.252 e. The van der Waals surface area contributed by atoms with Crippen LogP contribution in [0.1, 0.15) is 49.2 Å². The number of carbonyl (C=O) groups excluding carboxylic acids is 1. The predicted molar refractivity (Wildman–Crippen MR) is 118 cm³/mol. The molecule has 2 atom stereocenters. The summed E-state index contributed by atoms with van der Waals surface area (Å²) in [5.41, 5.74) is 2.64. The van der Waals surface area contributed by atoms with Crippen molar-refractivity contribution in [2.24, 2.45) is 11.3 Å². The number of benzene rings is 1. The van der Waals surface area contributed by atoms with Gasteiger partial charge in [0.2, 0.25) is 0 Å². The molecule has 2 N–H and O–H groups in total. The second-order valence-corrected chi connectivity index (χ2v) is 9.34. The molecule has 1 aromatic carbocycles. The van der Waals surface area contributed by atoms with E-state index >= 15 is 0 Å². The Labute approximate surface area is 182 Å². The number of aromatic nitrogens is 1. The third-order valence-electron chi connectivity index (χ3n) is 6.53. The molecule has 6 heteroatoms. The van der Waals surface area contributed by atoms with Gasteiger partial charge in [-0.25, -0.2) is 0 Å². The standard InChI is InChI=1S/C25H26N4O2/c1-16(2)27-15-24-7-6-18(11-20(24)13-24)22-12-21(29-31-22)17-4-3-5-19(10-17)23(30)28-25(14-26)8-9-25/h3-7,10-12,16,20,27H,8-9,13,15H2,1-2H3,(H,28,30). The summed E-state index contributed by atoms with van der Waals surface area (Å²) < 4.78 is 5.64. The van der Waals surface area contributed by atoms with Gasteiger partial charge >= 0.3 is 0 Å². The molecule has 0 radical (unpaired) electrons. The average Bonchev–Trinajstić information content (AvgIpc) is 3.66. The van der Waals surface area contributed by atoms with E-state index in [9.17, 15) is 10.1 Å². The number of nitrogens with one attached hydrogen (secondary N) is 2. The van der Waals surface area contributed by atoms with Crippen molar-refractivity contribution >= 4 is 11.5 Å². The van der Waals surface area contributed by atoms with Crippen LogP contribution >= 0.6 is 0 Å². The van der Waals surface area contributed by atoms with Crippen LogP contribution in [0.25, 0.3) is 16.8 Å². The lowest BCUT2D eigenvalue weighted by molar-refractivity contribution is 0.0941. The molecule has 6 nitrogen and oxygen atoms in total. The fourth-order valence-electron chi connectivity index (χ4n) is 4.16. The van der Waals surface area contributed by atoms with Crippen molar-refractivity contribution in [1.82, 2.24) is 15.8 Å². The normalized spacial score (nSPS) is 24.8. The summed E-state index contributed by atoms with van der Waals surface area (Å²) in [6.07, 6.45) is 9.30. The molecule has 2 saturated carbocycles. The van der Waals surface area contributed by atoms with Crippen LogP contribution in [0, 0.1) is 22.7 Å². The van der Waals surface area contributed by atoms with E-state index in [1.165, 1.54) is 0 Å². The fraction of sp³-hybridized carbons (Fsp3) is 0.400. The van der Waals surface area contributed by atoms with Gasteiger partial charge in [-0.2, -0.15) is 5.26 Å². The Balaban J connectivity index is 1.30. The van der Waals surface area contributed by atoms with Gasteiger partial charge in [0.05, 0.1) is 6.07 Å². The zero-order valence-corrected chi connectivity index (χ0v) is 17.8. The number of carbonyl (C=O) groups is 1. The first kappa shape index (κ1) is 19.8. The molecule has 0 bridgehead atoms. The highest BCUT2D eigenvalue weighted by Gasteiger charge is 2.52. The van der Waals surface area contributed by atoms with Crippen molar-refractivity contribution in [2.75, 3.05) is 6.54 Å². The molecule has 31 heavy (non-hydrogen) atoms. The lowest BCUT2D eigenvalue weighted by Gasteiger charge is -2.18. The second-order valence-electron chi connectivity index (χ2n) is 9.34. The smallest absolute Gasteiger partial charge is 0.252 e. The number of rotatable bonds is 7. The molecule has 3 aliphatic carbocycles. The van der Waals surface area contributed by atoms with Crippen molar-refractivity contribution in [3.63, 3.8) is 0 Å². The van der Waals surface area contributed by atoms with Gasteiger partial charge < -0.3 is 15.2 Å². The summed E-state index contributed by atoms with van der Waals surface area (Å²) in [5, 5.41) is 19.8. The quantitative estimate of drug-likeness (QED) is 0.712. The minimum atomic E-state index is -0.684. The van der Waals surface area contributed by atoms with Crippen LogP contribution in [-0.4, -0.2) is 29.2 Å². The van der Waals surface area contributed by atoms with Crippen LogP contribution in [0.2, 0.25) is 0 Å². The zero-order chi connectivity index (χ0) is 21.6. The van der Waals surface area contributed by atoms with Crippen molar-refractivity contribution in [2.45, 2.75) is 44.7 Å². The Bertz CT molecular complexity index is 1130. The largest absolute Gasteiger partial charge is 0.356 e. The summed E-state index contributed by atoms with van der Waals surface area (Å²) in [6, 6.07) is 11.9. The molecule has 2 fully saturated rings. The van der Waals surface area contributed by atoms with Crippen molar-refractivity contribution in [3.8, 4) is 17.3 Å². The van der Waals surface area contributed by atoms with Gasteiger partial charge in [-0.05, 0) is 37.3 Å². The van der Waals surface area contributed by atoms with Crippen molar-refractivity contribution in [3.05, 3.63) is 59.9 Å². The summed E-state index contributed by atoms with van der Waals surface area (Å²) in [4.78, 5) is 12.5. The minimum absolute atomic E-state index is 0.234. The first-order valence-electron chi connectivity index (χ1n) is 10.9. The molecule has 1 heterocycles. The van der Waals surface area contributed by atoms with Gasteiger partial charge in [0, 0.05) is 40.8 Å². The highest BCUT2D eigenvalue weighted by molar-refractivity contribution is 5.96. The summed E-state index contributed by atoms with van der Waals surface area (Å²) in [7, 11) is 0. The van der Waals surface area contributed by atoms with Crippen LogP contribution in [0.5, 0.6) is 0 Å². The van der Waals surface area contributed by atoms with Crippen LogP contribution in [0.4, 0.5) is 0 Å². The number of amides is 1. The summed E-state index contributed by atoms with van der Waals surface area (Å²) in [6.45, 7) is 5.34. The lowest BCUT2D eigenvalue weighted by atomic mass is 9.94. The molecule has 0 saturated heterocycles. The Morgan fingerprint density at radius 1 is 1.35 bits per heavy atom. The van der Waals surface area contributed by atoms with Gasteiger partial charge in [0.25, 0.3) is 5.91 Å². The van der Waals surface area contributed by atoms with E-state index in [1.54, 1.807) is 12.1 Å². The predicted octanol–water partition coefficient (Wildman–Crippen LogP) is 4.09. The van der Waals surface area contributed by atoms with Gasteiger partial charge in [-0.3, -0.25) is 4.79 Å². The first-order chi connectivity index (χ1) is 14.9. The molecule has 5 rings (SSSR count). The summed E-state index contributed by atoms with van der Waals surface area (Å²) >= 11 is 0. The zero-order valence-electron chi connectivity index (χ0n) is 17.8. The van der Waals surface area contributed by atoms with Gasteiger partial charge in [0.1, 0.15) is 11.2 Å². The molecule has 0 aliphatic heterocycles. The van der Waals surface area contributed by atoms with Crippen LogP contribution in [0.15, 0.2) is 53.1 Å². The highest BCUT2D eigenvalue weighted by atomic mass is 16.5. The topological polar surface area (TPSA) is 91.0 Å². The van der Waals surface area contributed by atoms with Crippen molar-refractivity contribution < 1.29 is 9.32 Å². The molecular formula is C25H26N4O2. The number of hydrogen-bond acceptors (Lipinski definition) is 5.